The zero-order chi connectivity index (χ0) is 34.9. The van der Waals surface area contributed by atoms with Crippen LogP contribution in [0.1, 0.15) is 11.1 Å². The van der Waals surface area contributed by atoms with Crippen LogP contribution in [0.2, 0.25) is 0 Å². The summed E-state index contributed by atoms with van der Waals surface area (Å²) in [6, 6.07) is 45.9. The number of rotatable bonds is 5. The number of aromatic nitrogens is 4. The molecule has 0 aliphatic rings. The topological polar surface area (TPSA) is 99.9 Å². The van der Waals surface area contributed by atoms with Crippen molar-refractivity contribution in [2.45, 2.75) is 0 Å². The number of hydrogen-bond donors (Lipinski definition) is 0. The van der Waals surface area contributed by atoms with Crippen LogP contribution < -0.4 is 0 Å². The third-order valence-electron chi connectivity index (χ3n) is 8.80. The van der Waals surface area contributed by atoms with Gasteiger partial charge in [0.05, 0.1) is 36.3 Å². The minimum atomic E-state index is 0.375. The van der Waals surface area contributed by atoms with Crippen molar-refractivity contribution in [3.63, 3.8) is 0 Å². The summed E-state index contributed by atoms with van der Waals surface area (Å²) in [5.74, 6) is 1.43. The Hall–Kier alpha value is -7.91. The maximum Gasteiger partial charge on any atom is 0.238 e. The first-order chi connectivity index (χ1) is 25.1. The largest absolute Gasteiger partial charge is 0.278 e. The van der Waals surface area contributed by atoms with Crippen molar-refractivity contribution in [3.8, 4) is 63.1 Å². The van der Waals surface area contributed by atoms with Gasteiger partial charge < -0.3 is 0 Å². The number of hydrogen-bond acceptors (Lipinski definition) is 5. The molecule has 6 aromatic carbocycles. The highest BCUT2D eigenvalue weighted by Crippen LogP contribution is 2.42. The fourth-order valence-corrected chi connectivity index (χ4v) is 6.51. The van der Waals surface area contributed by atoms with Crippen molar-refractivity contribution in [3.05, 3.63) is 167 Å². The molecule has 0 radical (unpaired) electrons. The molecule has 0 unspecified atom stereocenters. The van der Waals surface area contributed by atoms with Gasteiger partial charge in [-0.2, -0.15) is 20.5 Å². The summed E-state index contributed by atoms with van der Waals surface area (Å²) in [4.78, 5) is 22.4. The lowest BCUT2D eigenvalue weighted by Gasteiger charge is -2.12. The molecule has 51 heavy (non-hydrogen) atoms. The van der Waals surface area contributed by atoms with Crippen LogP contribution in [0.5, 0.6) is 0 Å². The molecule has 0 aliphatic heterocycles. The Kier molecular flexibility index (Phi) is 7.52. The number of benzene rings is 6. The molecule has 8 rings (SSSR count). The van der Waals surface area contributed by atoms with E-state index in [0.29, 0.717) is 62.4 Å². The van der Waals surface area contributed by atoms with Crippen molar-refractivity contribution in [2.75, 3.05) is 0 Å². The van der Waals surface area contributed by atoms with E-state index in [-0.39, 0.29) is 0 Å². The van der Waals surface area contributed by atoms with Crippen LogP contribution in [0.4, 0.5) is 11.4 Å². The number of nitriles is 2. The molecule has 8 nitrogen and oxygen atoms in total. The Morgan fingerprint density at radius 3 is 1.35 bits per heavy atom. The van der Waals surface area contributed by atoms with E-state index in [4.69, 9.17) is 28.1 Å². The SMILES string of the molecule is [C-]#[N+]c1cccc(C#N)c1-c1ccc2c(c1)c1cc(-c3c(C#N)cccc3[N+]#[C-])ccc1n2-c1nc(-c2ccccc2)nc(-c2ccccc2)n1. The maximum absolute atomic E-state index is 10.0. The third kappa shape index (κ3) is 5.20. The van der Waals surface area contributed by atoms with Gasteiger partial charge in [0.15, 0.2) is 23.0 Å². The zero-order valence-electron chi connectivity index (χ0n) is 26.8. The standard InChI is InChI=1S/C43H22N8/c1-46-35-17-9-15-31(25-44)39(35)29-19-21-37-33(23-29)34-24-30(40-32(26-45)16-10-18-36(40)47-2)20-22-38(34)51(37)43-49-41(27-11-5-3-6-12-27)48-42(50-43)28-13-7-4-8-14-28/h3-24H. The molecule has 234 valence electrons. The average molecular weight is 651 g/mol. The highest BCUT2D eigenvalue weighted by atomic mass is 15.2. The van der Waals surface area contributed by atoms with Gasteiger partial charge in [-0.15, -0.1) is 0 Å². The van der Waals surface area contributed by atoms with Gasteiger partial charge in [-0.05, 0) is 47.5 Å². The van der Waals surface area contributed by atoms with E-state index in [0.717, 1.165) is 32.9 Å². The summed E-state index contributed by atoms with van der Waals surface area (Å²) in [5.41, 5.74) is 7.31. The summed E-state index contributed by atoms with van der Waals surface area (Å²) in [7, 11) is 0. The summed E-state index contributed by atoms with van der Waals surface area (Å²) in [6.07, 6.45) is 0. The highest BCUT2D eigenvalue weighted by molar-refractivity contribution is 6.12. The molecule has 0 fully saturated rings. The van der Waals surface area contributed by atoms with E-state index in [9.17, 15) is 10.5 Å². The Morgan fingerprint density at radius 2 is 0.941 bits per heavy atom. The van der Waals surface area contributed by atoms with E-state index >= 15 is 0 Å². The Balaban J connectivity index is 1.47. The fourth-order valence-electron chi connectivity index (χ4n) is 6.51. The van der Waals surface area contributed by atoms with Gasteiger partial charge in [-0.25, -0.2) is 14.7 Å². The molecule has 0 saturated heterocycles. The lowest BCUT2D eigenvalue weighted by atomic mass is 9.95. The highest BCUT2D eigenvalue weighted by Gasteiger charge is 2.21. The summed E-state index contributed by atoms with van der Waals surface area (Å²) < 4.78 is 1.98. The number of nitrogens with zero attached hydrogens (tertiary/aromatic N) is 8. The molecule has 8 aromatic rings. The van der Waals surface area contributed by atoms with Gasteiger partial charge in [-0.1, -0.05) is 97.1 Å². The molecule has 8 heteroatoms. The Morgan fingerprint density at radius 1 is 0.490 bits per heavy atom. The lowest BCUT2D eigenvalue weighted by Crippen LogP contribution is -2.06. The van der Waals surface area contributed by atoms with Crippen LogP contribution in [0.25, 0.3) is 82.5 Å². The number of fused-ring (bicyclic) bond motifs is 3. The van der Waals surface area contributed by atoms with Crippen molar-refractivity contribution < 1.29 is 0 Å². The summed E-state index contributed by atoms with van der Waals surface area (Å²) >= 11 is 0. The molecular weight excluding hydrogens is 629 g/mol. The Labute approximate surface area is 293 Å². The molecule has 0 saturated carbocycles. The van der Waals surface area contributed by atoms with Crippen LogP contribution in [-0.4, -0.2) is 19.5 Å². The van der Waals surface area contributed by atoms with Crippen LogP contribution in [0.15, 0.2) is 133 Å². The van der Waals surface area contributed by atoms with E-state index in [1.54, 1.807) is 36.4 Å². The van der Waals surface area contributed by atoms with Crippen LogP contribution in [0, 0.1) is 35.8 Å². The van der Waals surface area contributed by atoms with Crippen molar-refractivity contribution in [1.29, 1.82) is 10.5 Å². The van der Waals surface area contributed by atoms with Gasteiger partial charge in [0, 0.05) is 44.2 Å². The van der Waals surface area contributed by atoms with Gasteiger partial charge >= 0.3 is 0 Å². The fraction of sp³-hybridized carbons (Fsp3) is 0. The molecule has 0 amide bonds. The van der Waals surface area contributed by atoms with E-state index in [1.807, 2.05) is 102 Å². The normalized spacial score (nSPS) is 10.7. The average Bonchev–Trinajstić information content (AvgIpc) is 3.53. The van der Waals surface area contributed by atoms with Crippen molar-refractivity contribution in [2.24, 2.45) is 0 Å². The summed E-state index contributed by atoms with van der Waals surface area (Å²) in [6.45, 7) is 15.7. The monoisotopic (exact) mass is 650 g/mol. The predicted molar refractivity (Wildman–Crippen MR) is 198 cm³/mol. The molecule has 0 atom stereocenters. The third-order valence-corrected chi connectivity index (χ3v) is 8.80. The van der Waals surface area contributed by atoms with Crippen LogP contribution in [-0.2, 0) is 0 Å². The van der Waals surface area contributed by atoms with Gasteiger partial charge in [0.25, 0.3) is 0 Å². The summed E-state index contributed by atoms with van der Waals surface area (Å²) in [5, 5.41) is 21.6. The molecule has 0 aliphatic carbocycles. The predicted octanol–water partition coefficient (Wildman–Crippen LogP) is 10.5. The quantitative estimate of drug-likeness (QED) is 0.173. The van der Waals surface area contributed by atoms with Crippen molar-refractivity contribution in [1.82, 2.24) is 19.5 Å². The Bertz CT molecular complexity index is 2590. The molecule has 0 N–H and O–H groups in total. The van der Waals surface area contributed by atoms with Gasteiger partial charge in [0.1, 0.15) is 0 Å². The second kappa shape index (κ2) is 12.6. The van der Waals surface area contributed by atoms with E-state index < -0.39 is 0 Å². The van der Waals surface area contributed by atoms with E-state index in [1.165, 1.54) is 0 Å². The first-order valence-corrected chi connectivity index (χ1v) is 15.9. The minimum absolute atomic E-state index is 0.375. The first kappa shape index (κ1) is 30.4. The molecule has 0 bridgehead atoms. The maximum atomic E-state index is 10.0. The van der Waals surface area contributed by atoms with Crippen LogP contribution >= 0.6 is 0 Å². The first-order valence-electron chi connectivity index (χ1n) is 15.9. The van der Waals surface area contributed by atoms with Crippen LogP contribution in [0.3, 0.4) is 0 Å². The van der Waals surface area contributed by atoms with E-state index in [2.05, 4.69) is 21.8 Å². The molecule has 0 spiro atoms. The molecule has 2 heterocycles. The second-order valence-electron chi connectivity index (χ2n) is 11.7. The molecular formula is C43H22N8. The lowest BCUT2D eigenvalue weighted by molar-refractivity contribution is 0.953. The smallest absolute Gasteiger partial charge is 0.238 e. The minimum Gasteiger partial charge on any atom is -0.278 e. The van der Waals surface area contributed by atoms with Crippen molar-refractivity contribution >= 4 is 33.2 Å². The zero-order valence-corrected chi connectivity index (χ0v) is 26.8. The van der Waals surface area contributed by atoms with Gasteiger partial charge in [-0.3, -0.25) is 4.57 Å². The second-order valence-corrected chi connectivity index (χ2v) is 11.7. The molecule has 2 aromatic heterocycles. The van der Waals surface area contributed by atoms with Gasteiger partial charge in [0.2, 0.25) is 5.95 Å².